The molecule has 0 amide bonds. The molecular formula is C22H24ClN3O. The van der Waals surface area contributed by atoms with Crippen LogP contribution in [0, 0.1) is 19.3 Å². The van der Waals surface area contributed by atoms with E-state index in [9.17, 15) is 4.79 Å². The van der Waals surface area contributed by atoms with E-state index in [2.05, 4.69) is 5.32 Å². The van der Waals surface area contributed by atoms with Gasteiger partial charge in [0.15, 0.2) is 0 Å². The van der Waals surface area contributed by atoms with Crippen molar-refractivity contribution in [3.63, 3.8) is 0 Å². The summed E-state index contributed by atoms with van der Waals surface area (Å²) in [5, 5.41) is 11.4. The van der Waals surface area contributed by atoms with E-state index in [0.717, 1.165) is 22.3 Å². The van der Waals surface area contributed by atoms with Gasteiger partial charge in [0.05, 0.1) is 12.1 Å². The van der Waals surface area contributed by atoms with Crippen molar-refractivity contribution >= 4 is 18.2 Å². The number of hydrogen-bond donors (Lipinski definition) is 2. The first-order valence-corrected chi connectivity index (χ1v) is 8.67. The summed E-state index contributed by atoms with van der Waals surface area (Å²) in [4.78, 5) is 12.8. The van der Waals surface area contributed by atoms with E-state index in [4.69, 9.17) is 5.41 Å². The molecule has 27 heavy (non-hydrogen) atoms. The minimum absolute atomic E-state index is 0. The van der Waals surface area contributed by atoms with Gasteiger partial charge >= 0.3 is 0 Å². The van der Waals surface area contributed by atoms with Crippen LogP contribution in [0.1, 0.15) is 27.8 Å². The molecule has 2 N–H and O–H groups in total. The summed E-state index contributed by atoms with van der Waals surface area (Å²) in [5.74, 6) is 0.150. The largest absolute Gasteiger partial charge is 0.366 e. The van der Waals surface area contributed by atoms with Crippen molar-refractivity contribution in [2.45, 2.75) is 26.9 Å². The summed E-state index contributed by atoms with van der Waals surface area (Å²) in [6.07, 6.45) is 1.77. The lowest BCUT2D eigenvalue weighted by molar-refractivity contribution is 0.751. The van der Waals surface area contributed by atoms with Gasteiger partial charge in [-0.1, -0.05) is 48.5 Å². The van der Waals surface area contributed by atoms with Crippen molar-refractivity contribution in [1.29, 1.82) is 5.41 Å². The number of halogens is 1. The highest BCUT2D eigenvalue weighted by molar-refractivity contribution is 5.95. The predicted octanol–water partition coefficient (Wildman–Crippen LogP) is 4.05. The lowest BCUT2D eigenvalue weighted by atomic mass is 10.1. The van der Waals surface area contributed by atoms with Gasteiger partial charge in [-0.25, -0.2) is 0 Å². The quantitative estimate of drug-likeness (QED) is 0.517. The molecule has 140 valence electrons. The van der Waals surface area contributed by atoms with Gasteiger partial charge in [-0.15, -0.1) is 12.4 Å². The third-order valence-corrected chi connectivity index (χ3v) is 4.61. The zero-order valence-electron chi connectivity index (χ0n) is 15.5. The Kier molecular flexibility index (Phi) is 6.97. The molecule has 0 spiro atoms. The smallest absolute Gasteiger partial charge is 0.261 e. The Hall–Kier alpha value is -2.85. The molecule has 0 saturated carbocycles. The van der Waals surface area contributed by atoms with E-state index in [0.29, 0.717) is 18.7 Å². The van der Waals surface area contributed by atoms with Crippen LogP contribution in [0.5, 0.6) is 0 Å². The van der Waals surface area contributed by atoms with Gasteiger partial charge in [-0.3, -0.25) is 10.2 Å². The number of rotatable bonds is 5. The Morgan fingerprint density at radius 2 is 1.52 bits per heavy atom. The Bertz CT molecular complexity index is 995. The first-order valence-electron chi connectivity index (χ1n) is 8.67. The standard InChI is InChI=1S/C22H23N3O.ClH/c1-16-8-3-5-10-18(16)14-24-21(23)20-12-7-13-25(22(20)26)15-19-11-6-4-9-17(19)2;/h3-13H,14-15H2,1-2H3,(H2,23,24);1H. The minimum atomic E-state index is -0.155. The number of amidine groups is 1. The Labute approximate surface area is 165 Å². The number of benzene rings is 2. The van der Waals surface area contributed by atoms with Crippen molar-refractivity contribution in [3.05, 3.63) is 105 Å². The van der Waals surface area contributed by atoms with Crippen molar-refractivity contribution in [1.82, 2.24) is 9.88 Å². The minimum Gasteiger partial charge on any atom is -0.366 e. The number of aryl methyl sites for hydroxylation is 2. The van der Waals surface area contributed by atoms with Gasteiger partial charge in [-0.05, 0) is 48.2 Å². The zero-order chi connectivity index (χ0) is 18.5. The van der Waals surface area contributed by atoms with Crippen LogP contribution in [-0.4, -0.2) is 10.4 Å². The highest BCUT2D eigenvalue weighted by Gasteiger charge is 2.10. The van der Waals surface area contributed by atoms with E-state index in [-0.39, 0.29) is 23.8 Å². The van der Waals surface area contributed by atoms with Crippen molar-refractivity contribution in [2.24, 2.45) is 0 Å². The van der Waals surface area contributed by atoms with Gasteiger partial charge in [0.1, 0.15) is 5.84 Å². The molecule has 0 aliphatic carbocycles. The molecule has 0 saturated heterocycles. The van der Waals surface area contributed by atoms with E-state index >= 15 is 0 Å². The normalized spacial score (nSPS) is 10.1. The topological polar surface area (TPSA) is 57.9 Å². The van der Waals surface area contributed by atoms with E-state index in [1.54, 1.807) is 16.8 Å². The molecule has 5 heteroatoms. The summed E-state index contributed by atoms with van der Waals surface area (Å²) in [7, 11) is 0. The van der Waals surface area contributed by atoms with Gasteiger partial charge < -0.3 is 9.88 Å². The third kappa shape index (κ3) is 4.86. The fourth-order valence-corrected chi connectivity index (χ4v) is 2.91. The van der Waals surface area contributed by atoms with Crippen LogP contribution in [0.3, 0.4) is 0 Å². The van der Waals surface area contributed by atoms with Crippen molar-refractivity contribution in [2.75, 3.05) is 0 Å². The maximum Gasteiger partial charge on any atom is 0.261 e. The van der Waals surface area contributed by atoms with Crippen molar-refractivity contribution < 1.29 is 0 Å². The maximum absolute atomic E-state index is 12.8. The second-order valence-corrected chi connectivity index (χ2v) is 6.44. The lowest BCUT2D eigenvalue weighted by Crippen LogP contribution is -2.32. The molecule has 1 heterocycles. The molecule has 0 unspecified atom stereocenters. The average Bonchev–Trinajstić information content (AvgIpc) is 2.64. The Morgan fingerprint density at radius 1 is 0.926 bits per heavy atom. The van der Waals surface area contributed by atoms with E-state index in [1.165, 1.54) is 0 Å². The molecule has 0 radical (unpaired) electrons. The van der Waals surface area contributed by atoms with Gasteiger partial charge in [0.2, 0.25) is 0 Å². The molecule has 0 fully saturated rings. The highest BCUT2D eigenvalue weighted by Crippen LogP contribution is 2.09. The Balaban J connectivity index is 0.00000261. The predicted molar refractivity (Wildman–Crippen MR) is 113 cm³/mol. The number of pyridine rings is 1. The number of hydrogen-bond acceptors (Lipinski definition) is 2. The first-order chi connectivity index (χ1) is 12.6. The van der Waals surface area contributed by atoms with Crippen LogP contribution < -0.4 is 10.9 Å². The van der Waals surface area contributed by atoms with Crippen LogP contribution in [0.2, 0.25) is 0 Å². The molecule has 0 aliphatic heterocycles. The van der Waals surface area contributed by atoms with Crippen molar-refractivity contribution in [3.8, 4) is 0 Å². The van der Waals surface area contributed by atoms with E-state index in [1.807, 2.05) is 68.4 Å². The van der Waals surface area contributed by atoms with Crippen LogP contribution >= 0.6 is 12.4 Å². The van der Waals surface area contributed by atoms with Gasteiger partial charge in [0, 0.05) is 12.7 Å². The molecular weight excluding hydrogens is 358 g/mol. The molecule has 3 rings (SSSR count). The van der Waals surface area contributed by atoms with Crippen LogP contribution in [0.4, 0.5) is 0 Å². The summed E-state index contributed by atoms with van der Waals surface area (Å²) in [6, 6.07) is 19.6. The van der Waals surface area contributed by atoms with E-state index < -0.39 is 0 Å². The molecule has 2 aromatic carbocycles. The molecule has 1 aromatic heterocycles. The highest BCUT2D eigenvalue weighted by atomic mass is 35.5. The summed E-state index contributed by atoms with van der Waals surface area (Å²) in [5.41, 5.74) is 4.77. The van der Waals surface area contributed by atoms with Gasteiger partial charge in [-0.2, -0.15) is 0 Å². The number of nitrogens with zero attached hydrogens (tertiary/aromatic N) is 1. The molecule has 0 aliphatic rings. The second-order valence-electron chi connectivity index (χ2n) is 6.44. The second kappa shape index (κ2) is 9.19. The average molecular weight is 382 g/mol. The molecule has 3 aromatic rings. The lowest BCUT2D eigenvalue weighted by Gasteiger charge is -2.12. The zero-order valence-corrected chi connectivity index (χ0v) is 16.3. The molecule has 4 nitrogen and oxygen atoms in total. The molecule has 0 bridgehead atoms. The maximum atomic E-state index is 12.8. The SMILES string of the molecule is Cc1ccccc1CNC(=N)c1cccn(Cc2ccccc2C)c1=O.Cl. The summed E-state index contributed by atoms with van der Waals surface area (Å²) < 4.78 is 1.65. The first kappa shape index (κ1) is 20.5. The Morgan fingerprint density at radius 3 is 2.15 bits per heavy atom. The van der Waals surface area contributed by atoms with Gasteiger partial charge in [0.25, 0.3) is 5.56 Å². The van der Waals surface area contributed by atoms with Crippen LogP contribution in [0.15, 0.2) is 71.7 Å². The molecule has 0 atom stereocenters. The monoisotopic (exact) mass is 381 g/mol. The van der Waals surface area contributed by atoms with Crippen LogP contribution in [0.25, 0.3) is 0 Å². The number of aromatic nitrogens is 1. The summed E-state index contributed by atoms with van der Waals surface area (Å²) >= 11 is 0. The number of nitrogens with one attached hydrogen (secondary N) is 2. The fourth-order valence-electron chi connectivity index (χ4n) is 2.91. The third-order valence-electron chi connectivity index (χ3n) is 4.61. The van der Waals surface area contributed by atoms with Crippen LogP contribution in [-0.2, 0) is 13.1 Å². The fraction of sp³-hybridized carbons (Fsp3) is 0.182. The summed E-state index contributed by atoms with van der Waals surface area (Å²) in [6.45, 7) is 5.11.